The summed E-state index contributed by atoms with van der Waals surface area (Å²) in [5.41, 5.74) is 8.97. The molecule has 0 aliphatic heterocycles. The fraction of sp³-hybridized carbons (Fsp3) is 0.417. The van der Waals surface area contributed by atoms with E-state index in [4.69, 9.17) is 5.73 Å². The average Bonchev–Trinajstić information content (AvgIpc) is 2.87. The molecule has 1 aliphatic rings. The quantitative estimate of drug-likeness (QED) is 0.724. The van der Waals surface area contributed by atoms with Crippen LogP contribution in [0.25, 0.3) is 11.0 Å². The number of imidazole rings is 1. The van der Waals surface area contributed by atoms with Gasteiger partial charge in [-0.15, -0.1) is 0 Å². The molecule has 0 saturated heterocycles. The molecule has 2 aromatic rings. The molecule has 4 nitrogen and oxygen atoms in total. The summed E-state index contributed by atoms with van der Waals surface area (Å²) in [5.74, 6) is 0. The van der Waals surface area contributed by atoms with E-state index < -0.39 is 0 Å². The maximum atomic E-state index is 11.1. The number of aromatic amines is 2. The molecule has 4 heteroatoms. The van der Waals surface area contributed by atoms with Crippen LogP contribution >= 0.6 is 0 Å². The van der Waals surface area contributed by atoms with Crippen LogP contribution in [0.2, 0.25) is 0 Å². The van der Waals surface area contributed by atoms with Gasteiger partial charge in [-0.05, 0) is 43.4 Å². The molecular formula is C12H15N3O. The van der Waals surface area contributed by atoms with Crippen molar-refractivity contribution >= 4 is 11.0 Å². The first-order chi connectivity index (χ1) is 7.65. The van der Waals surface area contributed by atoms with Gasteiger partial charge in [0.25, 0.3) is 0 Å². The Morgan fingerprint density at radius 3 is 2.75 bits per heavy atom. The van der Waals surface area contributed by atoms with Gasteiger partial charge in [0.15, 0.2) is 0 Å². The first kappa shape index (κ1) is 9.66. The summed E-state index contributed by atoms with van der Waals surface area (Å²) in [4.78, 5) is 16.6. The zero-order valence-electron chi connectivity index (χ0n) is 9.05. The fourth-order valence-electron chi connectivity index (χ4n) is 2.04. The number of aryl methyl sites for hydroxylation is 1. The molecule has 0 bridgehead atoms. The predicted molar refractivity (Wildman–Crippen MR) is 63.4 cm³/mol. The first-order valence-corrected chi connectivity index (χ1v) is 5.65. The minimum atomic E-state index is -0.148. The molecule has 1 saturated carbocycles. The lowest BCUT2D eigenvalue weighted by Gasteiger charge is -2.07. The molecule has 0 radical (unpaired) electrons. The van der Waals surface area contributed by atoms with Crippen molar-refractivity contribution in [2.24, 2.45) is 5.73 Å². The van der Waals surface area contributed by atoms with E-state index in [9.17, 15) is 4.79 Å². The number of hydrogen-bond donors (Lipinski definition) is 3. The maximum Gasteiger partial charge on any atom is 0.323 e. The van der Waals surface area contributed by atoms with Crippen LogP contribution in [0.5, 0.6) is 0 Å². The van der Waals surface area contributed by atoms with Crippen molar-refractivity contribution in [1.82, 2.24) is 9.97 Å². The van der Waals surface area contributed by atoms with Crippen LogP contribution in [0.4, 0.5) is 0 Å². The van der Waals surface area contributed by atoms with Crippen molar-refractivity contribution in [3.63, 3.8) is 0 Å². The number of nitrogens with one attached hydrogen (secondary N) is 2. The maximum absolute atomic E-state index is 11.1. The minimum Gasteiger partial charge on any atom is -0.325 e. The molecule has 0 atom stereocenters. The van der Waals surface area contributed by atoms with Crippen LogP contribution in [0.15, 0.2) is 23.0 Å². The van der Waals surface area contributed by atoms with E-state index >= 15 is 0 Å². The Labute approximate surface area is 92.9 Å². The van der Waals surface area contributed by atoms with Crippen LogP contribution in [0.1, 0.15) is 24.8 Å². The number of rotatable bonds is 3. The van der Waals surface area contributed by atoms with Crippen LogP contribution in [0, 0.1) is 0 Å². The predicted octanol–water partition coefficient (Wildman–Crippen LogP) is 1.28. The van der Waals surface area contributed by atoms with Gasteiger partial charge in [0, 0.05) is 5.54 Å². The monoisotopic (exact) mass is 217 g/mol. The lowest BCUT2D eigenvalue weighted by Crippen LogP contribution is -2.22. The van der Waals surface area contributed by atoms with Crippen molar-refractivity contribution in [1.29, 1.82) is 0 Å². The summed E-state index contributed by atoms with van der Waals surface area (Å²) >= 11 is 0. The molecule has 3 rings (SSSR count). The van der Waals surface area contributed by atoms with Crippen LogP contribution in [0.3, 0.4) is 0 Å². The smallest absolute Gasteiger partial charge is 0.323 e. The van der Waals surface area contributed by atoms with Gasteiger partial charge in [-0.3, -0.25) is 0 Å². The Balaban J connectivity index is 1.84. The number of nitrogens with two attached hydrogens (primary N) is 1. The molecule has 0 spiro atoms. The Hall–Kier alpha value is -1.55. The van der Waals surface area contributed by atoms with Crippen molar-refractivity contribution < 1.29 is 0 Å². The standard InChI is InChI=1S/C12H15N3O/c13-12(5-6-12)4-3-8-1-2-9-10(7-8)15-11(16)14-9/h1-2,7H,3-6,13H2,(H2,14,15,16). The first-order valence-electron chi connectivity index (χ1n) is 5.65. The van der Waals surface area contributed by atoms with Gasteiger partial charge >= 0.3 is 5.69 Å². The fourth-order valence-corrected chi connectivity index (χ4v) is 2.04. The lowest BCUT2D eigenvalue weighted by molar-refractivity contribution is 0.609. The Bertz CT molecular complexity index is 577. The normalized spacial score (nSPS) is 17.8. The summed E-state index contributed by atoms with van der Waals surface area (Å²) in [5, 5.41) is 0. The summed E-state index contributed by atoms with van der Waals surface area (Å²) < 4.78 is 0. The van der Waals surface area contributed by atoms with Gasteiger partial charge in [0.05, 0.1) is 11.0 Å². The Morgan fingerprint density at radius 2 is 2.00 bits per heavy atom. The third-order valence-electron chi connectivity index (χ3n) is 3.38. The van der Waals surface area contributed by atoms with Gasteiger partial charge in [0.2, 0.25) is 0 Å². The molecule has 1 fully saturated rings. The Morgan fingerprint density at radius 1 is 1.25 bits per heavy atom. The largest absolute Gasteiger partial charge is 0.325 e. The average molecular weight is 217 g/mol. The van der Waals surface area contributed by atoms with Crippen LogP contribution in [-0.2, 0) is 6.42 Å². The van der Waals surface area contributed by atoms with E-state index in [1.54, 1.807) is 0 Å². The molecule has 16 heavy (non-hydrogen) atoms. The van der Waals surface area contributed by atoms with E-state index in [0.717, 1.165) is 36.7 Å². The SMILES string of the molecule is NC1(CCc2ccc3[nH]c(=O)[nH]c3c2)CC1. The second kappa shape index (κ2) is 3.22. The van der Waals surface area contributed by atoms with E-state index in [1.807, 2.05) is 12.1 Å². The van der Waals surface area contributed by atoms with Gasteiger partial charge < -0.3 is 15.7 Å². The second-order valence-corrected chi connectivity index (χ2v) is 4.82. The summed E-state index contributed by atoms with van der Waals surface area (Å²) in [6, 6.07) is 6.02. The van der Waals surface area contributed by atoms with E-state index in [1.165, 1.54) is 5.56 Å². The van der Waals surface area contributed by atoms with E-state index in [0.29, 0.717) is 0 Å². The third-order valence-corrected chi connectivity index (χ3v) is 3.38. The molecular weight excluding hydrogens is 202 g/mol. The summed E-state index contributed by atoms with van der Waals surface area (Å²) in [7, 11) is 0. The lowest BCUT2D eigenvalue weighted by atomic mass is 10.0. The van der Waals surface area contributed by atoms with Gasteiger partial charge in [-0.1, -0.05) is 6.07 Å². The van der Waals surface area contributed by atoms with Gasteiger partial charge in [0.1, 0.15) is 0 Å². The highest BCUT2D eigenvalue weighted by atomic mass is 16.1. The van der Waals surface area contributed by atoms with Crippen LogP contribution < -0.4 is 11.4 Å². The highest BCUT2D eigenvalue weighted by Gasteiger charge is 2.37. The number of H-pyrrole nitrogens is 2. The summed E-state index contributed by atoms with van der Waals surface area (Å²) in [6.45, 7) is 0. The Kier molecular flexibility index (Phi) is 1.94. The minimum absolute atomic E-state index is 0.0977. The third kappa shape index (κ3) is 1.76. The molecule has 1 aliphatic carbocycles. The van der Waals surface area contributed by atoms with Crippen LogP contribution in [-0.4, -0.2) is 15.5 Å². The van der Waals surface area contributed by atoms with Crippen molar-refractivity contribution in [2.45, 2.75) is 31.2 Å². The molecule has 1 aromatic heterocycles. The van der Waals surface area contributed by atoms with Gasteiger partial charge in [-0.25, -0.2) is 4.79 Å². The van der Waals surface area contributed by atoms with Gasteiger partial charge in [-0.2, -0.15) is 0 Å². The highest BCUT2D eigenvalue weighted by molar-refractivity contribution is 5.74. The highest BCUT2D eigenvalue weighted by Crippen LogP contribution is 2.36. The van der Waals surface area contributed by atoms with Crippen molar-refractivity contribution in [3.8, 4) is 0 Å². The van der Waals surface area contributed by atoms with E-state index in [-0.39, 0.29) is 11.2 Å². The number of hydrogen-bond acceptors (Lipinski definition) is 2. The van der Waals surface area contributed by atoms with E-state index in [2.05, 4.69) is 16.0 Å². The van der Waals surface area contributed by atoms with Crippen molar-refractivity contribution in [3.05, 3.63) is 34.2 Å². The molecule has 0 unspecified atom stereocenters. The summed E-state index contributed by atoms with van der Waals surface area (Å²) in [6.07, 6.45) is 4.32. The second-order valence-electron chi connectivity index (χ2n) is 4.82. The number of benzene rings is 1. The topological polar surface area (TPSA) is 74.7 Å². The number of aromatic nitrogens is 2. The van der Waals surface area contributed by atoms with Crippen molar-refractivity contribution in [2.75, 3.05) is 0 Å². The molecule has 0 amide bonds. The molecule has 1 heterocycles. The molecule has 84 valence electrons. The number of fused-ring (bicyclic) bond motifs is 1. The molecule has 1 aromatic carbocycles. The zero-order chi connectivity index (χ0) is 11.2. The zero-order valence-corrected chi connectivity index (χ0v) is 9.05. The molecule has 4 N–H and O–H groups in total.